The molecule has 0 unspecified atom stereocenters. The van der Waals surface area contributed by atoms with Gasteiger partial charge in [-0.3, -0.25) is 0 Å². The molecule has 53 heavy (non-hydrogen) atoms. The molecular weight excluding hydrogens is 675 g/mol. The summed E-state index contributed by atoms with van der Waals surface area (Å²) in [6.07, 6.45) is 1.74. The average Bonchev–Trinajstić information content (AvgIpc) is 3.51. The number of rotatable bonds is 9. The molecule has 10 heteroatoms. The zero-order valence-corrected chi connectivity index (χ0v) is 29.1. The van der Waals surface area contributed by atoms with Crippen LogP contribution >= 0.6 is 0 Å². The quantitative estimate of drug-likeness (QED) is 0.116. The molecule has 0 bridgehead atoms. The Morgan fingerprint density at radius 2 is 1.36 bits per heavy atom. The fraction of sp³-hybridized carbons (Fsp3) is 0.186. The summed E-state index contributed by atoms with van der Waals surface area (Å²) in [5.74, 6) is -3.60. The van der Waals surface area contributed by atoms with Gasteiger partial charge in [0.15, 0.2) is 0 Å². The third-order valence-corrected chi connectivity index (χ3v) is 9.66. The molecule has 0 aliphatic carbocycles. The van der Waals surface area contributed by atoms with E-state index in [0.717, 1.165) is 36.1 Å². The molecule has 0 saturated heterocycles. The van der Waals surface area contributed by atoms with Gasteiger partial charge in [0.2, 0.25) is 0 Å². The van der Waals surface area contributed by atoms with Gasteiger partial charge in [-0.2, -0.15) is 5.26 Å². The van der Waals surface area contributed by atoms with Crippen LogP contribution in [0.25, 0.3) is 21.5 Å². The molecule has 1 atom stereocenters. The zero-order chi connectivity index (χ0) is 37.9. The van der Waals surface area contributed by atoms with Crippen molar-refractivity contribution >= 4 is 33.5 Å². The van der Waals surface area contributed by atoms with Crippen LogP contribution in [0.15, 0.2) is 103 Å². The van der Waals surface area contributed by atoms with Gasteiger partial charge in [-0.05, 0) is 108 Å². The number of hydrogen-bond acceptors (Lipinski definition) is 7. The first-order chi connectivity index (χ1) is 25.4. The second-order valence-corrected chi connectivity index (χ2v) is 13.2. The summed E-state index contributed by atoms with van der Waals surface area (Å²) in [4.78, 5) is 25.4. The van der Waals surface area contributed by atoms with E-state index >= 15 is 0 Å². The van der Waals surface area contributed by atoms with Gasteiger partial charge >= 0.3 is 11.9 Å². The summed E-state index contributed by atoms with van der Waals surface area (Å²) in [6.45, 7) is 1.43. The predicted octanol–water partition coefficient (Wildman–Crippen LogP) is 8.20. The van der Waals surface area contributed by atoms with E-state index in [0.29, 0.717) is 44.8 Å². The third-order valence-electron chi connectivity index (χ3n) is 9.66. The molecule has 0 aromatic heterocycles. The second-order valence-electron chi connectivity index (χ2n) is 13.2. The lowest BCUT2D eigenvalue weighted by atomic mass is 9.81. The van der Waals surface area contributed by atoms with E-state index in [1.54, 1.807) is 60.7 Å². The van der Waals surface area contributed by atoms with Gasteiger partial charge in [-0.1, -0.05) is 66.7 Å². The van der Waals surface area contributed by atoms with Gasteiger partial charge in [-0.15, -0.1) is 0 Å². The Bertz CT molecular complexity index is 2300. The molecule has 0 saturated carbocycles. The van der Waals surface area contributed by atoms with Crippen LogP contribution < -0.4 is 0 Å². The highest BCUT2D eigenvalue weighted by atomic mass is 19.1. The van der Waals surface area contributed by atoms with Gasteiger partial charge < -0.3 is 30.1 Å². The van der Waals surface area contributed by atoms with E-state index in [2.05, 4.69) is 11.0 Å². The minimum atomic E-state index is -1.28. The van der Waals surface area contributed by atoms with Crippen molar-refractivity contribution in [2.45, 2.75) is 31.5 Å². The highest BCUT2D eigenvalue weighted by Gasteiger charge is 2.41. The van der Waals surface area contributed by atoms with E-state index < -0.39 is 29.0 Å². The minimum absolute atomic E-state index is 0.0407. The van der Waals surface area contributed by atoms with Crippen LogP contribution in [-0.2, 0) is 23.4 Å². The molecule has 4 N–H and O–H groups in total. The van der Waals surface area contributed by atoms with Gasteiger partial charge in [0.1, 0.15) is 34.0 Å². The first kappa shape index (κ1) is 36.5. The van der Waals surface area contributed by atoms with Gasteiger partial charge in [-0.25, -0.2) is 14.0 Å². The third kappa shape index (κ3) is 7.26. The van der Waals surface area contributed by atoms with Crippen molar-refractivity contribution in [3.8, 4) is 17.6 Å². The van der Waals surface area contributed by atoms with E-state index in [1.807, 2.05) is 32.3 Å². The van der Waals surface area contributed by atoms with Crippen molar-refractivity contribution in [3.63, 3.8) is 0 Å². The molecule has 7 rings (SSSR count). The number of nitrogens with zero attached hydrogens (tertiary/aromatic N) is 2. The topological polar surface area (TPSA) is 151 Å². The number of aromatic carboxylic acids is 2. The summed E-state index contributed by atoms with van der Waals surface area (Å²) >= 11 is 0. The average molecular weight is 713 g/mol. The molecule has 0 spiro atoms. The summed E-state index contributed by atoms with van der Waals surface area (Å²) in [7, 11) is 4.10. The van der Waals surface area contributed by atoms with Gasteiger partial charge in [0.05, 0.1) is 18.2 Å². The van der Waals surface area contributed by atoms with Crippen molar-refractivity contribution in [2.75, 3.05) is 20.6 Å². The number of carbonyl (C=O) groups is 2. The van der Waals surface area contributed by atoms with Gasteiger partial charge in [0.25, 0.3) is 0 Å². The maximum atomic E-state index is 13.4. The smallest absolute Gasteiger partial charge is 0.339 e. The maximum Gasteiger partial charge on any atom is 0.339 e. The summed E-state index contributed by atoms with van der Waals surface area (Å²) in [6, 6.07) is 31.2. The van der Waals surface area contributed by atoms with E-state index in [1.165, 1.54) is 24.3 Å². The Labute approximate surface area is 305 Å². The van der Waals surface area contributed by atoms with Crippen LogP contribution in [0, 0.1) is 17.1 Å². The van der Waals surface area contributed by atoms with E-state index in [9.17, 15) is 34.4 Å². The molecular formula is C43H37FN2O7. The van der Waals surface area contributed by atoms with E-state index in [-0.39, 0.29) is 23.4 Å². The summed E-state index contributed by atoms with van der Waals surface area (Å²) < 4.78 is 19.6. The van der Waals surface area contributed by atoms with Crippen LogP contribution in [-0.4, -0.2) is 57.9 Å². The van der Waals surface area contributed by atoms with Crippen molar-refractivity contribution < 1.29 is 39.1 Å². The molecule has 0 radical (unpaired) electrons. The Morgan fingerprint density at radius 1 is 0.811 bits per heavy atom. The van der Waals surface area contributed by atoms with Crippen molar-refractivity contribution in [1.82, 2.24) is 4.90 Å². The number of phenols is 2. The van der Waals surface area contributed by atoms with E-state index in [4.69, 9.17) is 10.00 Å². The van der Waals surface area contributed by atoms with Crippen LogP contribution in [0.4, 0.5) is 4.39 Å². The van der Waals surface area contributed by atoms with Crippen molar-refractivity contribution in [3.05, 3.63) is 153 Å². The van der Waals surface area contributed by atoms with Crippen LogP contribution in [0.5, 0.6) is 11.5 Å². The number of hydrogen-bond donors (Lipinski definition) is 4. The monoisotopic (exact) mass is 712 g/mol. The van der Waals surface area contributed by atoms with Crippen LogP contribution in [0.2, 0.25) is 0 Å². The Morgan fingerprint density at radius 3 is 1.87 bits per heavy atom. The predicted molar refractivity (Wildman–Crippen MR) is 199 cm³/mol. The molecule has 0 fully saturated rings. The van der Waals surface area contributed by atoms with Crippen molar-refractivity contribution in [2.24, 2.45) is 0 Å². The lowest BCUT2D eigenvalue weighted by Gasteiger charge is -2.31. The second kappa shape index (κ2) is 15.1. The minimum Gasteiger partial charge on any atom is -0.507 e. The number of aromatic hydroxyl groups is 2. The molecule has 1 heterocycles. The molecule has 9 nitrogen and oxygen atoms in total. The zero-order valence-electron chi connectivity index (χ0n) is 29.1. The molecule has 1 aliphatic rings. The summed E-state index contributed by atoms with van der Waals surface area (Å²) in [5.41, 5.74) is 3.29. The summed E-state index contributed by atoms with van der Waals surface area (Å²) in [5, 5.41) is 51.9. The number of nitriles is 1. The standard InChI is InChI=1S/C23H16O6.C20H21FN2O/c24-20-16(14-7-3-1-5-12(14)9-18(20)22(26)27)11-17-15-8-4-2-6-13(15)10-19(21(17)25)23(28)29;1-23(2)11-3-10-20(17-5-7-18(21)8-6-17)19-9-4-15(13-22)12-16(19)14-24-20/h1-10,24-25H,11H2,(H,26,27)(H,28,29);4-9,12H,3,10-11,14H2,1-2H3/t;20-/m.0/s1. The number of carboxylic acid groups (broad SMARTS) is 2. The number of carboxylic acids is 2. The highest BCUT2D eigenvalue weighted by Crippen LogP contribution is 2.46. The normalized spacial score (nSPS) is 14.8. The first-order valence-electron chi connectivity index (χ1n) is 17.0. The molecule has 268 valence electrons. The SMILES string of the molecule is CN(C)CCC[C@@]1(c2ccc(F)cc2)OCc2cc(C#N)ccc21.O=C(O)c1cc2ccccc2c(Cc2c(O)c(C(=O)O)cc3ccccc23)c1O. The first-order valence-corrected chi connectivity index (χ1v) is 17.0. The Balaban J connectivity index is 0.000000185. The van der Waals surface area contributed by atoms with Crippen LogP contribution in [0.1, 0.15) is 66.9 Å². The number of ether oxygens (including phenoxy) is 1. The van der Waals surface area contributed by atoms with Crippen molar-refractivity contribution in [1.29, 1.82) is 5.26 Å². The Hall–Kier alpha value is -6.28. The molecule has 6 aromatic rings. The molecule has 1 aliphatic heterocycles. The molecule has 0 amide bonds. The lowest BCUT2D eigenvalue weighted by molar-refractivity contribution is -0.0140. The Kier molecular flexibility index (Phi) is 10.4. The maximum absolute atomic E-state index is 13.4. The largest absolute Gasteiger partial charge is 0.507 e. The van der Waals surface area contributed by atoms with Gasteiger partial charge in [0, 0.05) is 17.5 Å². The number of fused-ring (bicyclic) bond motifs is 3. The lowest BCUT2D eigenvalue weighted by Crippen LogP contribution is -2.28. The number of benzene rings is 6. The molecule has 6 aromatic carbocycles. The fourth-order valence-electron chi connectivity index (χ4n) is 7.09. The van der Waals surface area contributed by atoms with Crippen LogP contribution in [0.3, 0.4) is 0 Å². The fourth-order valence-corrected chi connectivity index (χ4v) is 7.09. The number of halogens is 1. The highest BCUT2D eigenvalue weighted by molar-refractivity contribution is 6.02.